The van der Waals surface area contributed by atoms with Crippen molar-refractivity contribution in [3.05, 3.63) is 35.9 Å². The fourth-order valence-electron chi connectivity index (χ4n) is 2.67. The van der Waals surface area contributed by atoms with Gasteiger partial charge in [-0.15, -0.1) is 0 Å². The van der Waals surface area contributed by atoms with Crippen molar-refractivity contribution >= 4 is 5.91 Å². The van der Waals surface area contributed by atoms with Crippen LogP contribution in [0.3, 0.4) is 0 Å². The highest BCUT2D eigenvalue weighted by Crippen LogP contribution is 2.18. The number of amides is 1. The standard InChI is InChI=1S/C15H24N4O/c1-18-8-5-9-19(11-10-18)12-14(15(20)17-16)13-6-3-2-4-7-13/h2-4,6-7,14H,5,8-12,16H2,1H3,(H,17,20). The number of hydrogen-bond acceptors (Lipinski definition) is 4. The first-order chi connectivity index (χ1) is 9.70. The normalized spacial score (nSPS) is 19.3. The minimum atomic E-state index is -0.204. The lowest BCUT2D eigenvalue weighted by Gasteiger charge is -2.25. The number of hydrazine groups is 1. The molecule has 0 spiro atoms. The molecule has 1 aliphatic heterocycles. The molecule has 1 saturated heterocycles. The van der Waals surface area contributed by atoms with Gasteiger partial charge in [-0.1, -0.05) is 30.3 Å². The van der Waals surface area contributed by atoms with Crippen LogP contribution in [-0.2, 0) is 4.79 Å². The van der Waals surface area contributed by atoms with E-state index in [1.165, 1.54) is 0 Å². The molecule has 1 amide bonds. The number of nitrogens with one attached hydrogen (secondary N) is 1. The summed E-state index contributed by atoms with van der Waals surface area (Å²) in [5, 5.41) is 0. The van der Waals surface area contributed by atoms with Crippen molar-refractivity contribution in [2.24, 2.45) is 5.84 Å². The van der Waals surface area contributed by atoms with Crippen molar-refractivity contribution < 1.29 is 4.79 Å². The Kier molecular flexibility index (Phi) is 5.52. The van der Waals surface area contributed by atoms with Crippen LogP contribution >= 0.6 is 0 Å². The maximum absolute atomic E-state index is 12.1. The van der Waals surface area contributed by atoms with Gasteiger partial charge < -0.3 is 9.80 Å². The van der Waals surface area contributed by atoms with Gasteiger partial charge in [-0.2, -0.15) is 0 Å². The zero-order chi connectivity index (χ0) is 14.4. The molecule has 1 unspecified atom stereocenters. The van der Waals surface area contributed by atoms with Crippen molar-refractivity contribution in [3.63, 3.8) is 0 Å². The van der Waals surface area contributed by atoms with Crippen molar-refractivity contribution in [1.82, 2.24) is 15.2 Å². The Morgan fingerprint density at radius 1 is 1.25 bits per heavy atom. The Bertz CT molecular complexity index is 423. The molecule has 1 heterocycles. The predicted octanol–water partition coefficient (Wildman–Crippen LogP) is 0.398. The summed E-state index contributed by atoms with van der Waals surface area (Å²) in [4.78, 5) is 16.8. The molecular weight excluding hydrogens is 252 g/mol. The van der Waals surface area contributed by atoms with E-state index in [1.54, 1.807) is 0 Å². The van der Waals surface area contributed by atoms with Crippen LogP contribution in [-0.4, -0.2) is 55.5 Å². The van der Waals surface area contributed by atoms with Crippen molar-refractivity contribution in [1.29, 1.82) is 0 Å². The molecule has 20 heavy (non-hydrogen) atoms. The Labute approximate surface area is 120 Å². The number of hydrogen-bond donors (Lipinski definition) is 2. The van der Waals surface area contributed by atoms with E-state index in [1.807, 2.05) is 30.3 Å². The van der Waals surface area contributed by atoms with Gasteiger partial charge >= 0.3 is 0 Å². The number of nitrogens with zero attached hydrogens (tertiary/aromatic N) is 2. The Hall–Kier alpha value is -1.43. The third-order valence-electron chi connectivity index (χ3n) is 3.91. The quantitative estimate of drug-likeness (QED) is 0.475. The van der Waals surface area contributed by atoms with E-state index < -0.39 is 0 Å². The molecule has 1 atom stereocenters. The molecule has 2 rings (SSSR count). The van der Waals surface area contributed by atoms with E-state index in [2.05, 4.69) is 22.3 Å². The number of rotatable bonds is 4. The van der Waals surface area contributed by atoms with Crippen molar-refractivity contribution in [2.75, 3.05) is 39.8 Å². The van der Waals surface area contributed by atoms with Crippen LogP contribution in [0.2, 0.25) is 0 Å². The Morgan fingerprint density at radius 3 is 2.70 bits per heavy atom. The topological polar surface area (TPSA) is 61.6 Å². The molecule has 1 aromatic rings. The average molecular weight is 276 g/mol. The zero-order valence-corrected chi connectivity index (χ0v) is 12.1. The highest BCUT2D eigenvalue weighted by Gasteiger charge is 2.23. The third kappa shape index (κ3) is 4.03. The molecule has 5 nitrogen and oxygen atoms in total. The monoisotopic (exact) mass is 276 g/mol. The van der Waals surface area contributed by atoms with Gasteiger partial charge in [-0.3, -0.25) is 10.2 Å². The summed E-state index contributed by atoms with van der Waals surface area (Å²) in [5.74, 6) is 5.02. The van der Waals surface area contributed by atoms with E-state index in [4.69, 9.17) is 5.84 Å². The summed E-state index contributed by atoms with van der Waals surface area (Å²) in [6.45, 7) is 4.92. The van der Waals surface area contributed by atoms with Gasteiger partial charge in [-0.05, 0) is 32.1 Å². The minimum Gasteiger partial charge on any atom is -0.305 e. The number of likely N-dealkylation sites (N-methyl/N-ethyl adjacent to an activating group) is 1. The van der Waals surface area contributed by atoms with Crippen LogP contribution in [0.5, 0.6) is 0 Å². The van der Waals surface area contributed by atoms with Crippen molar-refractivity contribution in [3.8, 4) is 0 Å². The number of carbonyl (C=O) groups is 1. The molecular formula is C15H24N4O. The maximum atomic E-state index is 12.1. The van der Waals surface area contributed by atoms with Gasteiger partial charge in [0.1, 0.15) is 0 Å². The summed E-state index contributed by atoms with van der Waals surface area (Å²) < 4.78 is 0. The number of nitrogens with two attached hydrogens (primary N) is 1. The fraction of sp³-hybridized carbons (Fsp3) is 0.533. The second-order valence-electron chi connectivity index (χ2n) is 5.43. The first-order valence-corrected chi connectivity index (χ1v) is 7.17. The second-order valence-corrected chi connectivity index (χ2v) is 5.43. The molecule has 0 bridgehead atoms. The Morgan fingerprint density at radius 2 is 2.00 bits per heavy atom. The van der Waals surface area contributed by atoms with Crippen LogP contribution in [0.1, 0.15) is 17.9 Å². The predicted molar refractivity (Wildman–Crippen MR) is 80.1 cm³/mol. The van der Waals surface area contributed by atoms with Crippen LogP contribution < -0.4 is 11.3 Å². The van der Waals surface area contributed by atoms with E-state index in [-0.39, 0.29) is 11.8 Å². The molecule has 0 saturated carbocycles. The van der Waals surface area contributed by atoms with Crippen molar-refractivity contribution in [2.45, 2.75) is 12.3 Å². The highest BCUT2D eigenvalue weighted by molar-refractivity contribution is 5.83. The molecule has 0 radical (unpaired) electrons. The molecule has 0 aliphatic carbocycles. The first-order valence-electron chi connectivity index (χ1n) is 7.17. The SMILES string of the molecule is CN1CCCN(CC(C(=O)NN)c2ccccc2)CC1. The fourth-order valence-corrected chi connectivity index (χ4v) is 2.67. The van der Waals surface area contributed by atoms with Gasteiger partial charge in [0.15, 0.2) is 0 Å². The van der Waals surface area contributed by atoms with E-state index in [9.17, 15) is 4.79 Å². The summed E-state index contributed by atoms with van der Waals surface area (Å²) in [6.07, 6.45) is 1.14. The molecule has 3 N–H and O–H groups in total. The Balaban J connectivity index is 2.06. The second kappa shape index (κ2) is 7.38. The molecule has 110 valence electrons. The van der Waals surface area contributed by atoms with E-state index in [0.717, 1.165) is 44.7 Å². The smallest absolute Gasteiger partial charge is 0.242 e. The molecule has 5 heteroatoms. The van der Waals surface area contributed by atoms with Gasteiger partial charge in [0, 0.05) is 19.6 Å². The highest BCUT2D eigenvalue weighted by atomic mass is 16.2. The van der Waals surface area contributed by atoms with Crippen LogP contribution in [0.25, 0.3) is 0 Å². The number of carbonyl (C=O) groups excluding carboxylic acids is 1. The lowest BCUT2D eigenvalue weighted by molar-refractivity contribution is -0.123. The largest absolute Gasteiger partial charge is 0.305 e. The lowest BCUT2D eigenvalue weighted by atomic mass is 9.97. The minimum absolute atomic E-state index is 0.117. The van der Waals surface area contributed by atoms with Crippen LogP contribution in [0.4, 0.5) is 0 Å². The van der Waals surface area contributed by atoms with Crippen LogP contribution in [0, 0.1) is 0 Å². The average Bonchev–Trinajstić information content (AvgIpc) is 2.69. The zero-order valence-electron chi connectivity index (χ0n) is 12.1. The summed E-state index contributed by atoms with van der Waals surface area (Å²) in [7, 11) is 2.14. The molecule has 1 aromatic carbocycles. The summed E-state index contributed by atoms with van der Waals surface area (Å²) in [5.41, 5.74) is 3.32. The van der Waals surface area contributed by atoms with Gasteiger partial charge in [0.2, 0.25) is 5.91 Å². The van der Waals surface area contributed by atoms with E-state index >= 15 is 0 Å². The number of benzene rings is 1. The van der Waals surface area contributed by atoms with Gasteiger partial charge in [-0.25, -0.2) is 5.84 Å². The molecule has 1 aliphatic rings. The van der Waals surface area contributed by atoms with Gasteiger partial charge in [0.05, 0.1) is 5.92 Å². The lowest BCUT2D eigenvalue weighted by Crippen LogP contribution is -2.41. The molecule has 1 fully saturated rings. The summed E-state index contributed by atoms with van der Waals surface area (Å²) in [6, 6.07) is 9.86. The van der Waals surface area contributed by atoms with Gasteiger partial charge in [0.25, 0.3) is 0 Å². The summed E-state index contributed by atoms with van der Waals surface area (Å²) >= 11 is 0. The third-order valence-corrected chi connectivity index (χ3v) is 3.91. The van der Waals surface area contributed by atoms with Crippen LogP contribution in [0.15, 0.2) is 30.3 Å². The molecule has 0 aromatic heterocycles. The maximum Gasteiger partial charge on any atom is 0.242 e. The van der Waals surface area contributed by atoms with E-state index in [0.29, 0.717) is 0 Å². The first kappa shape index (κ1) is 15.0.